The van der Waals surface area contributed by atoms with E-state index in [0.29, 0.717) is 6.10 Å². The van der Waals surface area contributed by atoms with Crippen LogP contribution in [0.15, 0.2) is 30.3 Å². The Morgan fingerprint density at radius 3 is 2.58 bits per heavy atom. The van der Waals surface area contributed by atoms with Crippen molar-refractivity contribution in [1.82, 2.24) is 10.2 Å². The van der Waals surface area contributed by atoms with Gasteiger partial charge in [0.25, 0.3) is 0 Å². The van der Waals surface area contributed by atoms with Gasteiger partial charge < -0.3 is 20.1 Å². The Labute approximate surface area is 146 Å². The number of hydrogen-bond donors (Lipinski definition) is 2. The van der Waals surface area contributed by atoms with Gasteiger partial charge in [-0.15, -0.1) is 0 Å². The summed E-state index contributed by atoms with van der Waals surface area (Å²) < 4.78 is 5.77. The third-order valence-corrected chi connectivity index (χ3v) is 5.40. The lowest BCUT2D eigenvalue weighted by molar-refractivity contribution is 0.0158. The van der Waals surface area contributed by atoms with Crippen LogP contribution in [0.5, 0.6) is 0 Å². The number of rotatable bonds is 7. The van der Waals surface area contributed by atoms with Crippen LogP contribution >= 0.6 is 0 Å². The van der Waals surface area contributed by atoms with Gasteiger partial charge in [-0.05, 0) is 63.2 Å². The van der Waals surface area contributed by atoms with Crippen LogP contribution in [0.4, 0.5) is 0 Å². The highest BCUT2D eigenvalue weighted by Gasteiger charge is 2.22. The molecular weight excluding hydrogens is 300 g/mol. The molecule has 2 aliphatic rings. The highest BCUT2D eigenvalue weighted by molar-refractivity contribution is 5.17. The molecule has 2 saturated heterocycles. The van der Waals surface area contributed by atoms with Gasteiger partial charge in [-0.1, -0.05) is 30.3 Å². The molecule has 4 nitrogen and oxygen atoms in total. The van der Waals surface area contributed by atoms with Crippen molar-refractivity contribution in [1.29, 1.82) is 0 Å². The van der Waals surface area contributed by atoms with E-state index in [0.717, 1.165) is 50.8 Å². The number of aliphatic hydroxyl groups excluding tert-OH is 1. The summed E-state index contributed by atoms with van der Waals surface area (Å²) in [6, 6.07) is 10.00. The average Bonchev–Trinajstić information content (AvgIpc) is 2.65. The Bertz CT molecular complexity index is 454. The van der Waals surface area contributed by atoms with Crippen molar-refractivity contribution in [3.63, 3.8) is 0 Å². The first-order chi connectivity index (χ1) is 11.8. The number of hydrogen-bond acceptors (Lipinski definition) is 4. The van der Waals surface area contributed by atoms with E-state index in [1.54, 1.807) is 0 Å². The van der Waals surface area contributed by atoms with E-state index in [1.165, 1.54) is 32.1 Å². The largest absolute Gasteiger partial charge is 0.387 e. The highest BCUT2D eigenvalue weighted by Crippen LogP contribution is 2.20. The van der Waals surface area contributed by atoms with Crippen LogP contribution in [0.1, 0.15) is 43.8 Å². The lowest BCUT2D eigenvalue weighted by Gasteiger charge is -2.33. The molecule has 1 aromatic carbocycles. The first-order valence-corrected chi connectivity index (χ1v) is 9.59. The predicted octanol–water partition coefficient (Wildman–Crippen LogP) is 2.59. The number of benzene rings is 1. The fourth-order valence-electron chi connectivity index (χ4n) is 3.82. The van der Waals surface area contributed by atoms with Crippen LogP contribution < -0.4 is 5.32 Å². The van der Waals surface area contributed by atoms with Gasteiger partial charge in [0.1, 0.15) is 0 Å². The van der Waals surface area contributed by atoms with E-state index < -0.39 is 0 Å². The van der Waals surface area contributed by atoms with Gasteiger partial charge in [0.05, 0.1) is 12.2 Å². The molecule has 3 rings (SSSR count). The molecule has 0 aliphatic carbocycles. The Kier molecular flexibility index (Phi) is 7.09. The molecule has 24 heavy (non-hydrogen) atoms. The van der Waals surface area contributed by atoms with Gasteiger partial charge in [-0.25, -0.2) is 0 Å². The second-order valence-electron chi connectivity index (χ2n) is 7.32. The van der Waals surface area contributed by atoms with Crippen molar-refractivity contribution in [2.75, 3.05) is 39.3 Å². The summed E-state index contributed by atoms with van der Waals surface area (Å²) in [6.45, 7) is 5.99. The zero-order valence-corrected chi connectivity index (χ0v) is 14.7. The molecule has 2 heterocycles. The summed E-state index contributed by atoms with van der Waals surface area (Å²) in [6.07, 6.45) is 6.26. The number of piperidine rings is 1. The van der Waals surface area contributed by atoms with E-state index in [-0.39, 0.29) is 6.10 Å². The summed E-state index contributed by atoms with van der Waals surface area (Å²) in [7, 11) is 0. The minimum atomic E-state index is -0.371. The van der Waals surface area contributed by atoms with Gasteiger partial charge in [-0.2, -0.15) is 0 Å². The van der Waals surface area contributed by atoms with Crippen LogP contribution in [0.25, 0.3) is 0 Å². The molecule has 0 radical (unpaired) electrons. The second-order valence-corrected chi connectivity index (χ2v) is 7.32. The Hall–Kier alpha value is -0.940. The normalized spacial score (nSPS) is 24.8. The average molecular weight is 332 g/mol. The fraction of sp³-hybridized carbons (Fsp3) is 0.700. The number of likely N-dealkylation sites (tertiary alicyclic amines) is 1. The van der Waals surface area contributed by atoms with Gasteiger partial charge in [-0.3, -0.25) is 0 Å². The molecule has 2 fully saturated rings. The number of nitrogens with zero attached hydrogens (tertiary/aromatic N) is 1. The fourth-order valence-corrected chi connectivity index (χ4v) is 3.82. The van der Waals surface area contributed by atoms with E-state index >= 15 is 0 Å². The van der Waals surface area contributed by atoms with Crippen molar-refractivity contribution in [3.05, 3.63) is 35.9 Å². The van der Waals surface area contributed by atoms with Crippen LogP contribution in [0, 0.1) is 5.92 Å². The number of β-amino-alcohol motifs (C(OH)–C–C–N with tert-alkyl or cyclic N) is 1. The molecule has 134 valence electrons. The van der Waals surface area contributed by atoms with Gasteiger partial charge in [0, 0.05) is 19.7 Å². The molecule has 2 aliphatic heterocycles. The van der Waals surface area contributed by atoms with Crippen molar-refractivity contribution in [2.24, 2.45) is 5.92 Å². The molecule has 0 unspecified atom stereocenters. The maximum Gasteiger partial charge on any atom is 0.0916 e. The van der Waals surface area contributed by atoms with Crippen LogP contribution in [-0.2, 0) is 4.74 Å². The quantitative estimate of drug-likeness (QED) is 0.806. The molecular formula is C20H32N2O2. The highest BCUT2D eigenvalue weighted by atomic mass is 16.5. The van der Waals surface area contributed by atoms with Crippen LogP contribution in [0.2, 0.25) is 0 Å². The zero-order chi connectivity index (χ0) is 16.6. The van der Waals surface area contributed by atoms with Crippen molar-refractivity contribution in [3.8, 4) is 0 Å². The monoisotopic (exact) mass is 332 g/mol. The third-order valence-electron chi connectivity index (χ3n) is 5.40. The molecule has 1 aromatic rings. The van der Waals surface area contributed by atoms with Gasteiger partial charge >= 0.3 is 0 Å². The molecule has 0 spiro atoms. The van der Waals surface area contributed by atoms with E-state index in [2.05, 4.69) is 10.2 Å². The van der Waals surface area contributed by atoms with Gasteiger partial charge in [0.2, 0.25) is 0 Å². The summed E-state index contributed by atoms with van der Waals surface area (Å²) in [5.74, 6) is 0.763. The Morgan fingerprint density at radius 2 is 1.88 bits per heavy atom. The minimum absolute atomic E-state index is 0.371. The lowest BCUT2D eigenvalue weighted by Crippen LogP contribution is -2.40. The molecule has 0 amide bonds. The van der Waals surface area contributed by atoms with Crippen molar-refractivity contribution < 1.29 is 9.84 Å². The first-order valence-electron chi connectivity index (χ1n) is 9.59. The Balaban J connectivity index is 1.31. The topological polar surface area (TPSA) is 44.7 Å². The number of ether oxygens (including phenoxy) is 1. The van der Waals surface area contributed by atoms with Gasteiger partial charge in [0.15, 0.2) is 0 Å². The third kappa shape index (κ3) is 5.55. The maximum absolute atomic E-state index is 10.4. The van der Waals surface area contributed by atoms with Crippen molar-refractivity contribution >= 4 is 0 Å². The van der Waals surface area contributed by atoms with E-state index in [9.17, 15) is 5.11 Å². The second kappa shape index (κ2) is 9.52. The van der Waals surface area contributed by atoms with Crippen LogP contribution in [0.3, 0.4) is 0 Å². The lowest BCUT2D eigenvalue weighted by atomic mass is 9.96. The van der Waals surface area contributed by atoms with Crippen molar-refractivity contribution in [2.45, 2.75) is 44.3 Å². The Morgan fingerprint density at radius 1 is 1.08 bits per heavy atom. The van der Waals surface area contributed by atoms with E-state index in [1.807, 2.05) is 30.3 Å². The summed E-state index contributed by atoms with van der Waals surface area (Å²) in [5.41, 5.74) is 1.02. The summed E-state index contributed by atoms with van der Waals surface area (Å²) in [5, 5.41) is 14.0. The molecule has 0 bridgehead atoms. The summed E-state index contributed by atoms with van der Waals surface area (Å²) in [4.78, 5) is 2.40. The predicted molar refractivity (Wildman–Crippen MR) is 97.0 cm³/mol. The molecule has 2 atom stereocenters. The van der Waals surface area contributed by atoms with Crippen LogP contribution in [-0.4, -0.2) is 55.4 Å². The SMILES string of the molecule is O[C@H](CN1CCC(CNC[C@H]2CCCCO2)CC1)c1ccccc1. The van der Waals surface area contributed by atoms with E-state index in [4.69, 9.17) is 4.74 Å². The summed E-state index contributed by atoms with van der Waals surface area (Å²) >= 11 is 0. The maximum atomic E-state index is 10.4. The smallest absolute Gasteiger partial charge is 0.0916 e. The standard InChI is InChI=1S/C20H32N2O2/c23-20(18-6-2-1-3-7-18)16-22-11-9-17(10-12-22)14-21-15-19-8-4-5-13-24-19/h1-3,6-7,17,19-21,23H,4-5,8-16H2/t19-,20-/m1/s1. The molecule has 2 N–H and O–H groups in total. The number of aliphatic hydroxyl groups is 1. The number of nitrogens with one attached hydrogen (secondary N) is 1. The zero-order valence-electron chi connectivity index (χ0n) is 14.7. The molecule has 0 saturated carbocycles. The molecule has 4 heteroatoms. The minimum Gasteiger partial charge on any atom is -0.387 e. The molecule has 0 aromatic heterocycles. The first kappa shape index (κ1) is 17.9.